The number of pyridine rings is 1. The van der Waals surface area contributed by atoms with Crippen molar-refractivity contribution >= 4 is 11.5 Å². The molecule has 1 N–H and O–H groups in total. The number of nitrogens with zero attached hydrogens (tertiary/aromatic N) is 2. The van der Waals surface area contributed by atoms with E-state index < -0.39 is 4.92 Å². The Morgan fingerprint density at radius 2 is 2.22 bits per heavy atom. The summed E-state index contributed by atoms with van der Waals surface area (Å²) < 4.78 is 5.41. The van der Waals surface area contributed by atoms with Crippen LogP contribution >= 0.6 is 0 Å². The van der Waals surface area contributed by atoms with Crippen molar-refractivity contribution in [3.05, 3.63) is 28.4 Å². The van der Waals surface area contributed by atoms with Gasteiger partial charge in [0.05, 0.1) is 11.0 Å². The highest BCUT2D eigenvalue weighted by Gasteiger charge is 2.05. The number of nitro groups is 1. The number of anilines is 1. The molecule has 0 radical (unpaired) electrons. The molecule has 6 heteroatoms. The molecule has 0 saturated carbocycles. The van der Waals surface area contributed by atoms with Crippen LogP contribution in [0.5, 0.6) is 0 Å². The van der Waals surface area contributed by atoms with Crippen molar-refractivity contribution in [2.45, 2.75) is 26.2 Å². The first-order valence-electron chi connectivity index (χ1n) is 6.16. The zero-order valence-corrected chi connectivity index (χ0v) is 10.6. The fraction of sp³-hybridized carbons (Fsp3) is 0.583. The van der Waals surface area contributed by atoms with Crippen LogP contribution in [0.15, 0.2) is 18.3 Å². The molecule has 100 valence electrons. The summed E-state index contributed by atoms with van der Waals surface area (Å²) in [5.41, 5.74) is 0.0479. The van der Waals surface area contributed by atoms with E-state index in [2.05, 4.69) is 17.2 Å². The summed E-state index contributed by atoms with van der Waals surface area (Å²) in [6.45, 7) is 4.31. The number of unbranched alkanes of at least 4 members (excludes halogenated alkanes) is 1. The van der Waals surface area contributed by atoms with E-state index in [0.29, 0.717) is 19.0 Å². The molecule has 18 heavy (non-hydrogen) atoms. The number of hydrogen-bond acceptors (Lipinski definition) is 5. The SMILES string of the molecule is CCCCOCCCNc1cc([N+](=O)[O-])ccn1. The molecule has 0 fully saturated rings. The van der Waals surface area contributed by atoms with Gasteiger partial charge in [-0.2, -0.15) is 0 Å². The number of ether oxygens (including phenoxy) is 1. The normalized spacial score (nSPS) is 10.3. The molecule has 0 amide bonds. The van der Waals surface area contributed by atoms with Crippen molar-refractivity contribution in [3.8, 4) is 0 Å². The van der Waals surface area contributed by atoms with E-state index in [4.69, 9.17) is 4.74 Å². The van der Waals surface area contributed by atoms with Gasteiger partial charge in [0, 0.05) is 32.0 Å². The zero-order chi connectivity index (χ0) is 13.2. The molecule has 1 rings (SSSR count). The van der Waals surface area contributed by atoms with E-state index in [-0.39, 0.29) is 5.69 Å². The van der Waals surface area contributed by atoms with Gasteiger partial charge in [0.25, 0.3) is 5.69 Å². The third-order valence-corrected chi connectivity index (χ3v) is 2.37. The summed E-state index contributed by atoms with van der Waals surface area (Å²) in [5, 5.41) is 13.6. The van der Waals surface area contributed by atoms with Crippen molar-refractivity contribution in [1.82, 2.24) is 4.98 Å². The van der Waals surface area contributed by atoms with Gasteiger partial charge in [0.2, 0.25) is 0 Å². The Balaban J connectivity index is 2.19. The Morgan fingerprint density at radius 3 is 2.94 bits per heavy atom. The Kier molecular flexibility index (Phi) is 6.71. The highest BCUT2D eigenvalue weighted by molar-refractivity contribution is 5.43. The molecule has 1 aromatic rings. The van der Waals surface area contributed by atoms with Crippen molar-refractivity contribution in [3.63, 3.8) is 0 Å². The first-order chi connectivity index (χ1) is 8.74. The molecule has 0 aliphatic carbocycles. The standard InChI is InChI=1S/C12H19N3O3/c1-2-3-8-18-9-4-6-13-12-10-11(15(16)17)5-7-14-12/h5,7,10H,2-4,6,8-9H2,1H3,(H,13,14). The van der Waals surface area contributed by atoms with Gasteiger partial charge in [-0.05, 0) is 12.8 Å². The van der Waals surface area contributed by atoms with Crippen LogP contribution in [0, 0.1) is 10.1 Å². The monoisotopic (exact) mass is 253 g/mol. The molecule has 0 atom stereocenters. The first kappa shape index (κ1) is 14.4. The van der Waals surface area contributed by atoms with Crippen molar-refractivity contribution < 1.29 is 9.66 Å². The third-order valence-electron chi connectivity index (χ3n) is 2.37. The first-order valence-corrected chi connectivity index (χ1v) is 6.16. The van der Waals surface area contributed by atoms with Crippen LogP contribution in [-0.4, -0.2) is 29.7 Å². The van der Waals surface area contributed by atoms with Crippen LogP contribution < -0.4 is 5.32 Å². The van der Waals surface area contributed by atoms with Gasteiger partial charge in [0.15, 0.2) is 0 Å². The van der Waals surface area contributed by atoms with Gasteiger partial charge < -0.3 is 10.1 Å². The third kappa shape index (κ3) is 5.58. The van der Waals surface area contributed by atoms with Crippen LogP contribution in [0.3, 0.4) is 0 Å². The van der Waals surface area contributed by atoms with E-state index in [1.54, 1.807) is 0 Å². The molecule has 6 nitrogen and oxygen atoms in total. The Morgan fingerprint density at radius 1 is 1.44 bits per heavy atom. The van der Waals surface area contributed by atoms with Crippen LogP contribution in [0.2, 0.25) is 0 Å². The zero-order valence-electron chi connectivity index (χ0n) is 10.6. The molecule has 0 spiro atoms. The van der Waals surface area contributed by atoms with Crippen LogP contribution in [-0.2, 0) is 4.74 Å². The van der Waals surface area contributed by atoms with E-state index in [9.17, 15) is 10.1 Å². The maximum Gasteiger partial charge on any atom is 0.274 e. The Labute approximate surface area is 107 Å². The molecule has 0 saturated heterocycles. The second-order valence-electron chi connectivity index (χ2n) is 3.90. The molecule has 1 aromatic heterocycles. The predicted molar refractivity (Wildman–Crippen MR) is 69.7 cm³/mol. The predicted octanol–water partition coefficient (Wildman–Crippen LogP) is 2.61. The van der Waals surface area contributed by atoms with E-state index in [0.717, 1.165) is 25.9 Å². The van der Waals surface area contributed by atoms with Crippen molar-refractivity contribution in [2.75, 3.05) is 25.1 Å². The molecular formula is C12H19N3O3. The summed E-state index contributed by atoms with van der Waals surface area (Å²) in [6, 6.07) is 2.80. The van der Waals surface area contributed by atoms with Crippen LogP contribution in [0.25, 0.3) is 0 Å². The summed E-state index contributed by atoms with van der Waals surface area (Å²) >= 11 is 0. The Hall–Kier alpha value is -1.69. The molecule has 0 bridgehead atoms. The lowest BCUT2D eigenvalue weighted by Crippen LogP contribution is -2.07. The van der Waals surface area contributed by atoms with Gasteiger partial charge in [-0.15, -0.1) is 0 Å². The lowest BCUT2D eigenvalue weighted by molar-refractivity contribution is -0.384. The highest BCUT2D eigenvalue weighted by Crippen LogP contribution is 2.13. The minimum Gasteiger partial charge on any atom is -0.381 e. The summed E-state index contributed by atoms with van der Waals surface area (Å²) in [7, 11) is 0. The average Bonchev–Trinajstić information content (AvgIpc) is 2.38. The van der Waals surface area contributed by atoms with Gasteiger partial charge in [-0.1, -0.05) is 13.3 Å². The van der Waals surface area contributed by atoms with Crippen molar-refractivity contribution in [1.29, 1.82) is 0 Å². The molecule has 0 aliphatic rings. The van der Waals surface area contributed by atoms with E-state index in [1.165, 1.54) is 18.3 Å². The quantitative estimate of drug-likeness (QED) is 0.416. The van der Waals surface area contributed by atoms with Gasteiger partial charge in [-0.3, -0.25) is 10.1 Å². The van der Waals surface area contributed by atoms with Crippen LogP contribution in [0.4, 0.5) is 11.5 Å². The Bertz CT molecular complexity index is 371. The summed E-state index contributed by atoms with van der Waals surface area (Å²) in [6.07, 6.45) is 4.50. The van der Waals surface area contributed by atoms with Crippen molar-refractivity contribution in [2.24, 2.45) is 0 Å². The number of rotatable bonds is 9. The van der Waals surface area contributed by atoms with E-state index >= 15 is 0 Å². The second-order valence-corrected chi connectivity index (χ2v) is 3.90. The van der Waals surface area contributed by atoms with E-state index in [1.807, 2.05) is 0 Å². The van der Waals surface area contributed by atoms with Gasteiger partial charge in [0.1, 0.15) is 5.82 Å². The number of nitrogens with one attached hydrogen (secondary N) is 1. The largest absolute Gasteiger partial charge is 0.381 e. The lowest BCUT2D eigenvalue weighted by Gasteiger charge is -2.05. The minimum absolute atomic E-state index is 0.0479. The lowest BCUT2D eigenvalue weighted by atomic mass is 10.3. The van der Waals surface area contributed by atoms with Gasteiger partial charge in [-0.25, -0.2) is 4.98 Å². The number of aromatic nitrogens is 1. The van der Waals surface area contributed by atoms with Crippen LogP contribution in [0.1, 0.15) is 26.2 Å². The number of hydrogen-bond donors (Lipinski definition) is 1. The van der Waals surface area contributed by atoms with Gasteiger partial charge >= 0.3 is 0 Å². The minimum atomic E-state index is -0.430. The molecular weight excluding hydrogens is 234 g/mol. The average molecular weight is 253 g/mol. The maximum atomic E-state index is 10.6. The molecule has 0 aliphatic heterocycles. The maximum absolute atomic E-state index is 10.6. The fourth-order valence-electron chi connectivity index (χ4n) is 1.37. The second kappa shape index (κ2) is 8.41. The molecule has 0 unspecified atom stereocenters. The summed E-state index contributed by atoms with van der Waals surface area (Å²) in [5.74, 6) is 0.526. The highest BCUT2D eigenvalue weighted by atomic mass is 16.6. The molecule has 1 heterocycles. The topological polar surface area (TPSA) is 77.3 Å². The smallest absolute Gasteiger partial charge is 0.274 e. The molecule has 0 aromatic carbocycles. The fourth-order valence-corrected chi connectivity index (χ4v) is 1.37. The summed E-state index contributed by atoms with van der Waals surface area (Å²) in [4.78, 5) is 14.1.